The van der Waals surface area contributed by atoms with Gasteiger partial charge in [0.2, 0.25) is 11.8 Å². The zero-order valence-electron chi connectivity index (χ0n) is 18.2. The Bertz CT molecular complexity index is 826. The van der Waals surface area contributed by atoms with E-state index < -0.39 is 0 Å². The summed E-state index contributed by atoms with van der Waals surface area (Å²) in [7, 11) is 1.66. The number of primary amides is 1. The molecule has 6 rings (SSSR count). The summed E-state index contributed by atoms with van der Waals surface area (Å²) >= 11 is 0. The van der Waals surface area contributed by atoms with Gasteiger partial charge in [0.05, 0.1) is 20.3 Å². The van der Waals surface area contributed by atoms with Gasteiger partial charge in [-0.15, -0.1) is 0 Å². The second-order valence-electron chi connectivity index (χ2n) is 10.1. The lowest BCUT2D eigenvalue weighted by atomic mass is 9.47. The van der Waals surface area contributed by atoms with Crippen molar-refractivity contribution in [2.45, 2.75) is 50.7 Å². The van der Waals surface area contributed by atoms with Crippen LogP contribution in [0.5, 0.6) is 5.75 Å². The molecule has 1 aliphatic heterocycles. The lowest BCUT2D eigenvalue weighted by Gasteiger charge is -2.59. The van der Waals surface area contributed by atoms with E-state index in [1.54, 1.807) is 7.11 Å². The quantitative estimate of drug-likeness (QED) is 0.721. The Kier molecular flexibility index (Phi) is 5.42. The number of carbonyl (C=O) groups is 2. The smallest absolute Gasteiger partial charge is 0.239 e. The molecule has 5 fully saturated rings. The summed E-state index contributed by atoms with van der Waals surface area (Å²) in [6, 6.07) is 7.86. The molecule has 1 saturated heterocycles. The van der Waals surface area contributed by atoms with Gasteiger partial charge in [0.15, 0.2) is 0 Å². The predicted molar refractivity (Wildman–Crippen MR) is 115 cm³/mol. The molecular weight excluding hydrogens is 394 g/mol. The molecule has 4 bridgehead atoms. The Morgan fingerprint density at radius 2 is 1.90 bits per heavy atom. The zero-order chi connectivity index (χ0) is 21.6. The Labute approximate surface area is 183 Å². The minimum atomic E-state index is -0.327. The number of methoxy groups -OCH3 is 1. The van der Waals surface area contributed by atoms with Gasteiger partial charge in [-0.2, -0.15) is 0 Å². The lowest BCUT2D eigenvalue weighted by Crippen LogP contribution is -2.64. The van der Waals surface area contributed by atoms with Crippen molar-refractivity contribution < 1.29 is 19.1 Å². The van der Waals surface area contributed by atoms with Crippen LogP contribution in [0, 0.1) is 23.2 Å². The van der Waals surface area contributed by atoms with Gasteiger partial charge in [-0.25, -0.2) is 0 Å². The number of benzene rings is 1. The number of carbonyl (C=O) groups excluding carboxylic acids is 2. The predicted octanol–water partition coefficient (Wildman–Crippen LogP) is 1.69. The van der Waals surface area contributed by atoms with Crippen molar-refractivity contribution in [1.82, 2.24) is 10.2 Å². The molecule has 7 nitrogen and oxygen atoms in total. The normalized spacial score (nSPS) is 36.9. The van der Waals surface area contributed by atoms with Gasteiger partial charge in [-0.3, -0.25) is 14.5 Å². The highest BCUT2D eigenvalue weighted by atomic mass is 16.5. The summed E-state index contributed by atoms with van der Waals surface area (Å²) in [5.74, 6) is 2.06. The van der Waals surface area contributed by atoms with Gasteiger partial charge in [0, 0.05) is 24.5 Å². The average molecular weight is 428 g/mol. The van der Waals surface area contributed by atoms with Crippen LogP contribution in [0.25, 0.3) is 0 Å². The summed E-state index contributed by atoms with van der Waals surface area (Å²) in [6.07, 6.45) is 4.82. The van der Waals surface area contributed by atoms with Crippen LogP contribution in [0.3, 0.4) is 0 Å². The standard InChI is InChI=1S/C24H33N3O4/c1-30-19-4-2-15(3-5-19)13-27-6-7-31-14-20(27)22(28)26-21-17-8-16-9-18(21)12-24(10-16,11-17)23(25)29/h2-5,16-18,20-21H,6-14H2,1H3,(H2,25,29)(H,26,28). The molecule has 2 amide bonds. The topological polar surface area (TPSA) is 93.9 Å². The van der Waals surface area contributed by atoms with E-state index in [-0.39, 0.29) is 29.3 Å². The minimum absolute atomic E-state index is 0.0545. The molecular formula is C24H33N3O4. The fraction of sp³-hybridized carbons (Fsp3) is 0.667. The van der Waals surface area contributed by atoms with Crippen molar-refractivity contribution in [2.24, 2.45) is 28.9 Å². The number of nitrogens with two attached hydrogens (primary N) is 1. The largest absolute Gasteiger partial charge is 0.497 e. The second kappa shape index (κ2) is 8.10. The van der Waals surface area contributed by atoms with Crippen LogP contribution in [0.2, 0.25) is 0 Å². The SMILES string of the molecule is COc1ccc(CN2CCOCC2C(=O)NC2C3CC4CC2CC(C(N)=O)(C4)C3)cc1. The average Bonchev–Trinajstić information content (AvgIpc) is 2.76. The highest BCUT2D eigenvalue weighted by Crippen LogP contribution is 2.59. The van der Waals surface area contributed by atoms with Crippen molar-refractivity contribution in [3.05, 3.63) is 29.8 Å². The van der Waals surface area contributed by atoms with Crippen LogP contribution in [0.15, 0.2) is 24.3 Å². The molecule has 3 N–H and O–H groups in total. The Morgan fingerprint density at radius 3 is 2.55 bits per heavy atom. The molecule has 5 aliphatic rings. The van der Waals surface area contributed by atoms with Crippen LogP contribution in [-0.4, -0.2) is 55.7 Å². The highest BCUT2D eigenvalue weighted by molar-refractivity contribution is 5.83. The molecule has 0 spiro atoms. The fourth-order valence-corrected chi connectivity index (χ4v) is 6.86. The fourth-order valence-electron chi connectivity index (χ4n) is 6.86. The number of rotatable bonds is 6. The van der Waals surface area contributed by atoms with Gasteiger partial charge in [0.25, 0.3) is 0 Å². The molecule has 3 unspecified atom stereocenters. The van der Waals surface area contributed by atoms with Crippen molar-refractivity contribution in [2.75, 3.05) is 26.9 Å². The van der Waals surface area contributed by atoms with E-state index in [9.17, 15) is 9.59 Å². The van der Waals surface area contributed by atoms with E-state index in [0.717, 1.165) is 50.0 Å². The number of nitrogens with one attached hydrogen (secondary N) is 1. The number of morpholine rings is 1. The van der Waals surface area contributed by atoms with E-state index in [1.165, 1.54) is 0 Å². The number of hydrogen-bond donors (Lipinski definition) is 2. The molecule has 0 aromatic heterocycles. The molecule has 1 heterocycles. The summed E-state index contributed by atoms with van der Waals surface area (Å²) in [4.78, 5) is 27.8. The summed E-state index contributed by atoms with van der Waals surface area (Å²) < 4.78 is 10.9. The Hall–Kier alpha value is -2.12. The summed E-state index contributed by atoms with van der Waals surface area (Å²) in [5, 5.41) is 3.39. The van der Waals surface area contributed by atoms with Crippen molar-refractivity contribution in [3.8, 4) is 5.75 Å². The van der Waals surface area contributed by atoms with Crippen LogP contribution < -0.4 is 15.8 Å². The first-order chi connectivity index (χ1) is 15.0. The van der Waals surface area contributed by atoms with E-state index >= 15 is 0 Å². The van der Waals surface area contributed by atoms with Crippen molar-refractivity contribution in [3.63, 3.8) is 0 Å². The number of nitrogens with zero attached hydrogens (tertiary/aromatic N) is 1. The van der Waals surface area contributed by atoms with E-state index in [0.29, 0.717) is 37.5 Å². The second-order valence-corrected chi connectivity index (χ2v) is 10.1. The van der Waals surface area contributed by atoms with Gasteiger partial charge in [-0.05, 0) is 67.6 Å². The van der Waals surface area contributed by atoms with E-state index in [1.807, 2.05) is 24.3 Å². The summed E-state index contributed by atoms with van der Waals surface area (Å²) in [6.45, 7) is 2.49. The van der Waals surface area contributed by atoms with Crippen LogP contribution >= 0.6 is 0 Å². The number of amides is 2. The van der Waals surface area contributed by atoms with E-state index in [4.69, 9.17) is 15.2 Å². The maximum Gasteiger partial charge on any atom is 0.239 e. The first kappa shape index (κ1) is 20.8. The maximum atomic E-state index is 13.4. The molecule has 1 aromatic carbocycles. The third-order valence-corrected chi connectivity index (χ3v) is 8.19. The first-order valence-corrected chi connectivity index (χ1v) is 11.5. The van der Waals surface area contributed by atoms with Crippen LogP contribution in [0.4, 0.5) is 0 Å². The summed E-state index contributed by atoms with van der Waals surface area (Å²) in [5.41, 5.74) is 6.63. The third kappa shape index (κ3) is 3.82. The molecule has 7 heteroatoms. The van der Waals surface area contributed by atoms with Crippen molar-refractivity contribution in [1.29, 1.82) is 0 Å². The van der Waals surface area contributed by atoms with Gasteiger partial charge >= 0.3 is 0 Å². The van der Waals surface area contributed by atoms with Gasteiger partial charge in [-0.1, -0.05) is 12.1 Å². The first-order valence-electron chi connectivity index (χ1n) is 11.5. The minimum Gasteiger partial charge on any atom is -0.497 e. The molecule has 168 valence electrons. The molecule has 31 heavy (non-hydrogen) atoms. The van der Waals surface area contributed by atoms with Gasteiger partial charge in [0.1, 0.15) is 11.8 Å². The van der Waals surface area contributed by atoms with E-state index in [2.05, 4.69) is 10.2 Å². The lowest BCUT2D eigenvalue weighted by molar-refractivity contribution is -0.149. The van der Waals surface area contributed by atoms with Gasteiger partial charge < -0.3 is 20.5 Å². The van der Waals surface area contributed by atoms with Crippen molar-refractivity contribution >= 4 is 11.8 Å². The molecule has 3 atom stereocenters. The number of ether oxygens (including phenoxy) is 2. The van der Waals surface area contributed by atoms with Crippen LogP contribution in [0.1, 0.15) is 37.7 Å². The molecule has 4 saturated carbocycles. The monoisotopic (exact) mass is 427 g/mol. The highest BCUT2D eigenvalue weighted by Gasteiger charge is 2.58. The maximum absolute atomic E-state index is 13.4. The Morgan fingerprint density at radius 1 is 1.19 bits per heavy atom. The third-order valence-electron chi connectivity index (χ3n) is 8.19. The molecule has 1 aromatic rings. The molecule has 4 aliphatic carbocycles. The Balaban J connectivity index is 1.26. The molecule has 0 radical (unpaired) electrons. The number of hydrogen-bond acceptors (Lipinski definition) is 5. The zero-order valence-corrected chi connectivity index (χ0v) is 18.2. The van der Waals surface area contributed by atoms with Crippen LogP contribution in [-0.2, 0) is 20.9 Å².